The summed E-state index contributed by atoms with van der Waals surface area (Å²) in [6, 6.07) is 9.19. The van der Waals surface area contributed by atoms with Crippen LogP contribution < -0.4 is 9.47 Å². The Morgan fingerprint density at radius 1 is 1.14 bits per heavy atom. The van der Waals surface area contributed by atoms with Gasteiger partial charge in [-0.2, -0.15) is 0 Å². The molecule has 2 aromatic heterocycles. The third-order valence-electron chi connectivity index (χ3n) is 4.69. The topological polar surface area (TPSA) is 51.9 Å². The maximum atomic E-state index is 12.3. The zero-order chi connectivity index (χ0) is 19.7. The van der Waals surface area contributed by atoms with Gasteiger partial charge in [-0.15, -0.1) is 18.3 Å². The van der Waals surface area contributed by atoms with Crippen LogP contribution in [0.3, 0.4) is 0 Å². The van der Waals surface area contributed by atoms with Gasteiger partial charge >= 0.3 is 6.36 Å². The van der Waals surface area contributed by atoms with E-state index in [1.54, 1.807) is 22.8 Å². The predicted molar refractivity (Wildman–Crippen MR) is 96.3 cm³/mol. The van der Waals surface area contributed by atoms with Crippen LogP contribution in [0, 0.1) is 0 Å². The minimum atomic E-state index is -4.72. The smallest absolute Gasteiger partial charge is 0.472 e. The van der Waals surface area contributed by atoms with Crippen LogP contribution in [0.1, 0.15) is 13.3 Å². The zero-order valence-corrected chi connectivity index (χ0v) is 15.2. The Bertz CT molecular complexity index is 956. The molecule has 28 heavy (non-hydrogen) atoms. The number of rotatable bonds is 5. The molecule has 3 heterocycles. The van der Waals surface area contributed by atoms with Crippen molar-refractivity contribution in [2.45, 2.75) is 25.8 Å². The first kappa shape index (κ1) is 18.5. The number of ether oxygens (including phenoxy) is 2. The van der Waals surface area contributed by atoms with Gasteiger partial charge in [0.05, 0.1) is 11.9 Å². The minimum Gasteiger partial charge on any atom is -0.472 e. The number of likely N-dealkylation sites (N-methyl/N-ethyl adjacent to an activating group) is 1. The first-order valence-corrected chi connectivity index (χ1v) is 9.01. The molecule has 1 unspecified atom stereocenters. The Hall–Kier alpha value is -2.81. The van der Waals surface area contributed by atoms with E-state index in [0.29, 0.717) is 22.8 Å². The molecule has 1 fully saturated rings. The lowest BCUT2D eigenvalue weighted by atomic mass is 10.1. The minimum absolute atomic E-state index is 0.0932. The number of hydrogen-bond donors (Lipinski definition) is 0. The number of halogens is 3. The second-order valence-electron chi connectivity index (χ2n) is 6.58. The summed E-state index contributed by atoms with van der Waals surface area (Å²) in [5.41, 5.74) is 1.95. The van der Waals surface area contributed by atoms with Crippen molar-refractivity contribution < 1.29 is 22.6 Å². The Balaban J connectivity index is 1.56. The van der Waals surface area contributed by atoms with Crippen molar-refractivity contribution in [2.75, 3.05) is 19.6 Å². The number of likely N-dealkylation sites (tertiary alicyclic amines) is 1. The van der Waals surface area contributed by atoms with Crippen LogP contribution in [0.25, 0.3) is 16.9 Å². The molecule has 0 aliphatic carbocycles. The van der Waals surface area contributed by atoms with Crippen molar-refractivity contribution in [1.29, 1.82) is 0 Å². The highest BCUT2D eigenvalue weighted by atomic mass is 19.4. The van der Waals surface area contributed by atoms with Crippen LogP contribution >= 0.6 is 0 Å². The van der Waals surface area contributed by atoms with E-state index >= 15 is 0 Å². The van der Waals surface area contributed by atoms with E-state index in [-0.39, 0.29) is 11.9 Å². The molecule has 0 amide bonds. The van der Waals surface area contributed by atoms with Crippen LogP contribution in [0.5, 0.6) is 11.6 Å². The van der Waals surface area contributed by atoms with E-state index in [2.05, 4.69) is 26.6 Å². The lowest BCUT2D eigenvalue weighted by Crippen LogP contribution is -2.24. The van der Waals surface area contributed by atoms with E-state index in [9.17, 15) is 13.2 Å². The van der Waals surface area contributed by atoms with Gasteiger partial charge in [-0.05, 0) is 43.3 Å². The Kier molecular flexibility index (Phi) is 4.84. The first-order valence-electron chi connectivity index (χ1n) is 9.01. The largest absolute Gasteiger partial charge is 0.573 e. The quantitative estimate of drug-likeness (QED) is 0.662. The van der Waals surface area contributed by atoms with Crippen LogP contribution in [0.4, 0.5) is 13.2 Å². The first-order chi connectivity index (χ1) is 13.4. The summed E-state index contributed by atoms with van der Waals surface area (Å²) in [5, 5.41) is 4.51. The maximum Gasteiger partial charge on any atom is 0.573 e. The normalized spacial score (nSPS) is 17.9. The molecular formula is C19H19F3N4O2. The van der Waals surface area contributed by atoms with Gasteiger partial charge in [0.15, 0.2) is 5.65 Å². The zero-order valence-electron chi connectivity index (χ0n) is 15.2. The van der Waals surface area contributed by atoms with Gasteiger partial charge in [0.25, 0.3) is 0 Å². The fourth-order valence-corrected chi connectivity index (χ4v) is 3.29. The summed E-state index contributed by atoms with van der Waals surface area (Å²) in [5.74, 6) is 0.218. The van der Waals surface area contributed by atoms with Crippen molar-refractivity contribution in [1.82, 2.24) is 19.5 Å². The molecule has 3 aromatic rings. The molecule has 1 aliphatic rings. The average molecular weight is 392 g/mol. The van der Waals surface area contributed by atoms with Crippen LogP contribution in [-0.4, -0.2) is 51.6 Å². The standard InChI is InChI=1S/C19H19F3N4O2/c1-2-25-10-9-15(12-25)27-18-8-7-17-23-11-16(26(17)24-18)13-3-5-14(6-4-13)28-19(20,21)22/h3-8,11,15H,2,9-10,12H2,1H3. The van der Waals surface area contributed by atoms with Gasteiger partial charge in [0, 0.05) is 24.7 Å². The Morgan fingerprint density at radius 3 is 2.61 bits per heavy atom. The van der Waals surface area contributed by atoms with Crippen molar-refractivity contribution in [3.8, 4) is 22.9 Å². The molecule has 0 radical (unpaired) electrons. The average Bonchev–Trinajstić information content (AvgIpc) is 3.27. The summed E-state index contributed by atoms with van der Waals surface area (Å²) in [7, 11) is 0. The van der Waals surface area contributed by atoms with E-state index in [1.807, 2.05) is 0 Å². The second kappa shape index (κ2) is 7.31. The SMILES string of the molecule is CCN1CCC(Oc2ccc3ncc(-c4ccc(OC(F)(F)F)cc4)n3n2)C1. The molecule has 0 spiro atoms. The predicted octanol–water partition coefficient (Wildman–Crippen LogP) is 3.77. The number of hydrogen-bond acceptors (Lipinski definition) is 5. The van der Waals surface area contributed by atoms with Crippen LogP contribution in [0.2, 0.25) is 0 Å². The Labute approximate surface area is 159 Å². The van der Waals surface area contributed by atoms with Crippen molar-refractivity contribution in [3.63, 3.8) is 0 Å². The summed E-state index contributed by atoms with van der Waals surface area (Å²) in [6.45, 7) is 4.99. The van der Waals surface area contributed by atoms with Gasteiger partial charge in [0.1, 0.15) is 11.9 Å². The molecule has 6 nitrogen and oxygen atoms in total. The molecule has 1 aliphatic heterocycles. The number of fused-ring (bicyclic) bond motifs is 1. The highest BCUT2D eigenvalue weighted by Crippen LogP contribution is 2.27. The molecule has 4 rings (SSSR count). The summed E-state index contributed by atoms with van der Waals surface area (Å²) in [4.78, 5) is 6.62. The highest BCUT2D eigenvalue weighted by molar-refractivity contribution is 5.63. The van der Waals surface area contributed by atoms with Crippen LogP contribution in [0.15, 0.2) is 42.6 Å². The van der Waals surface area contributed by atoms with Crippen molar-refractivity contribution in [3.05, 3.63) is 42.6 Å². The van der Waals surface area contributed by atoms with Gasteiger partial charge < -0.3 is 9.47 Å². The maximum absolute atomic E-state index is 12.3. The van der Waals surface area contributed by atoms with Crippen molar-refractivity contribution in [2.24, 2.45) is 0 Å². The van der Waals surface area contributed by atoms with Crippen molar-refractivity contribution >= 4 is 5.65 Å². The number of benzene rings is 1. The fraction of sp³-hybridized carbons (Fsp3) is 0.368. The number of alkyl halides is 3. The third kappa shape index (κ3) is 4.04. The molecular weight excluding hydrogens is 373 g/mol. The van der Waals surface area contributed by atoms with Gasteiger partial charge in [-0.1, -0.05) is 6.92 Å². The summed E-state index contributed by atoms with van der Waals surface area (Å²) in [6.07, 6.45) is -2.05. The molecule has 0 bridgehead atoms. The van der Waals surface area contributed by atoms with E-state index in [0.717, 1.165) is 26.1 Å². The summed E-state index contributed by atoms with van der Waals surface area (Å²) >= 11 is 0. The van der Waals surface area contributed by atoms with E-state index < -0.39 is 6.36 Å². The molecule has 148 valence electrons. The molecule has 0 saturated carbocycles. The summed E-state index contributed by atoms with van der Waals surface area (Å²) < 4.78 is 48.5. The highest BCUT2D eigenvalue weighted by Gasteiger charge is 2.31. The second-order valence-corrected chi connectivity index (χ2v) is 6.58. The Morgan fingerprint density at radius 2 is 1.93 bits per heavy atom. The number of aromatic nitrogens is 3. The molecule has 1 atom stereocenters. The van der Waals surface area contributed by atoms with Crippen LogP contribution in [-0.2, 0) is 0 Å². The lowest BCUT2D eigenvalue weighted by molar-refractivity contribution is -0.274. The number of imidazole rings is 1. The van der Waals surface area contributed by atoms with Gasteiger partial charge in [-0.25, -0.2) is 9.50 Å². The molecule has 1 aromatic carbocycles. The fourth-order valence-electron chi connectivity index (χ4n) is 3.29. The van der Waals surface area contributed by atoms with E-state index in [1.165, 1.54) is 24.3 Å². The van der Waals surface area contributed by atoms with Gasteiger partial charge in [0.2, 0.25) is 5.88 Å². The molecule has 0 N–H and O–H groups in total. The monoisotopic (exact) mass is 392 g/mol. The molecule has 1 saturated heterocycles. The lowest BCUT2D eigenvalue weighted by Gasteiger charge is -2.14. The molecule has 9 heteroatoms. The number of nitrogens with zero attached hydrogens (tertiary/aromatic N) is 4. The van der Waals surface area contributed by atoms with Gasteiger partial charge in [-0.3, -0.25) is 4.90 Å². The van der Waals surface area contributed by atoms with E-state index in [4.69, 9.17) is 4.74 Å². The third-order valence-corrected chi connectivity index (χ3v) is 4.69.